The Morgan fingerprint density at radius 2 is 1.80 bits per heavy atom. The second kappa shape index (κ2) is 9.09. The topological polar surface area (TPSA) is 97.5 Å². The number of nitrogens with one attached hydrogen (secondary N) is 3. The van der Waals surface area contributed by atoms with Gasteiger partial charge in [-0.05, 0) is 42.2 Å². The van der Waals surface area contributed by atoms with E-state index >= 15 is 0 Å². The van der Waals surface area contributed by atoms with Crippen molar-refractivity contribution in [1.82, 2.24) is 20.5 Å². The number of H-pyrrole nitrogens is 1. The molecule has 1 aliphatic heterocycles. The van der Waals surface area contributed by atoms with E-state index in [4.69, 9.17) is 0 Å². The molecule has 182 valence electrons. The van der Waals surface area contributed by atoms with Crippen LogP contribution in [0.25, 0.3) is 10.9 Å². The molecule has 2 heterocycles. The molecule has 2 aliphatic rings. The first-order valence-electron chi connectivity index (χ1n) is 12.1. The quantitative estimate of drug-likeness (QED) is 0.459. The zero-order valence-electron chi connectivity index (χ0n) is 20.1. The summed E-state index contributed by atoms with van der Waals surface area (Å²) in [4.78, 5) is 44.7. The summed E-state index contributed by atoms with van der Waals surface area (Å²) in [7, 11) is 4.00. The van der Waals surface area contributed by atoms with Crippen molar-refractivity contribution in [1.29, 1.82) is 0 Å². The molecule has 1 aromatic heterocycles. The molecule has 8 heteroatoms. The van der Waals surface area contributed by atoms with Gasteiger partial charge in [0.2, 0.25) is 5.91 Å². The zero-order valence-corrected chi connectivity index (χ0v) is 20.1. The number of rotatable bonds is 7. The monoisotopic (exact) mass is 473 g/mol. The highest BCUT2D eigenvalue weighted by Gasteiger charge is 2.52. The van der Waals surface area contributed by atoms with Crippen LogP contribution in [0.2, 0.25) is 0 Å². The molecule has 5 rings (SSSR count). The summed E-state index contributed by atoms with van der Waals surface area (Å²) < 4.78 is 0. The molecule has 8 nitrogen and oxygen atoms in total. The number of benzene rings is 2. The average Bonchev–Trinajstić information content (AvgIpc) is 3.55. The van der Waals surface area contributed by atoms with Crippen molar-refractivity contribution < 1.29 is 14.4 Å². The largest absolute Gasteiger partial charge is 0.378 e. The number of amides is 4. The fourth-order valence-corrected chi connectivity index (χ4v) is 5.35. The van der Waals surface area contributed by atoms with Gasteiger partial charge in [-0.15, -0.1) is 0 Å². The number of hydrogen-bond donors (Lipinski definition) is 3. The number of carbonyl (C=O) groups excluding carboxylic acids is 3. The highest BCUT2D eigenvalue weighted by atomic mass is 16.2. The van der Waals surface area contributed by atoms with Crippen molar-refractivity contribution in [2.24, 2.45) is 0 Å². The maximum atomic E-state index is 12.9. The van der Waals surface area contributed by atoms with Gasteiger partial charge in [-0.3, -0.25) is 14.5 Å². The van der Waals surface area contributed by atoms with E-state index in [0.717, 1.165) is 45.5 Å². The Labute approximate surface area is 204 Å². The molecule has 1 unspecified atom stereocenters. The van der Waals surface area contributed by atoms with E-state index in [1.807, 2.05) is 43.4 Å². The van der Waals surface area contributed by atoms with Crippen LogP contribution in [0.4, 0.5) is 10.5 Å². The minimum Gasteiger partial charge on any atom is -0.378 e. The summed E-state index contributed by atoms with van der Waals surface area (Å²) in [5, 5.41) is 6.91. The first-order valence-corrected chi connectivity index (χ1v) is 12.1. The summed E-state index contributed by atoms with van der Waals surface area (Å²) in [6, 6.07) is 15.9. The summed E-state index contributed by atoms with van der Waals surface area (Å²) in [5.74, 6) is -0.725. The van der Waals surface area contributed by atoms with Gasteiger partial charge in [0.15, 0.2) is 0 Å². The van der Waals surface area contributed by atoms with Crippen molar-refractivity contribution in [3.05, 3.63) is 65.9 Å². The Bertz CT molecular complexity index is 1260. The van der Waals surface area contributed by atoms with Crippen molar-refractivity contribution in [2.75, 3.05) is 32.1 Å². The Balaban J connectivity index is 1.34. The minimum atomic E-state index is -0.807. The van der Waals surface area contributed by atoms with Crippen LogP contribution in [0.1, 0.15) is 42.7 Å². The van der Waals surface area contributed by atoms with Gasteiger partial charge >= 0.3 is 6.03 Å². The summed E-state index contributed by atoms with van der Waals surface area (Å²) in [6.45, 7) is 0.0728. The fourth-order valence-electron chi connectivity index (χ4n) is 5.35. The smallest absolute Gasteiger partial charge is 0.325 e. The molecule has 2 fully saturated rings. The van der Waals surface area contributed by atoms with Crippen molar-refractivity contribution in [3.8, 4) is 0 Å². The lowest BCUT2D eigenvalue weighted by molar-refractivity contribution is -0.134. The number of fused-ring (bicyclic) bond motifs is 1. The lowest BCUT2D eigenvalue weighted by Crippen LogP contribution is -2.45. The first kappa shape index (κ1) is 23.0. The third-order valence-corrected chi connectivity index (χ3v) is 7.32. The van der Waals surface area contributed by atoms with Crippen LogP contribution in [0.15, 0.2) is 54.7 Å². The van der Waals surface area contributed by atoms with Gasteiger partial charge < -0.3 is 20.5 Å². The number of anilines is 1. The van der Waals surface area contributed by atoms with E-state index < -0.39 is 11.6 Å². The lowest BCUT2D eigenvalue weighted by Gasteiger charge is -2.21. The number of aromatic amines is 1. The lowest BCUT2D eigenvalue weighted by atomic mass is 9.90. The molecule has 1 spiro atoms. The highest BCUT2D eigenvalue weighted by molar-refractivity contribution is 6.09. The molecule has 1 aliphatic carbocycles. The van der Waals surface area contributed by atoms with E-state index in [1.165, 1.54) is 0 Å². The van der Waals surface area contributed by atoms with Gasteiger partial charge in [0, 0.05) is 49.3 Å². The number of imide groups is 1. The van der Waals surface area contributed by atoms with Gasteiger partial charge in [0.1, 0.15) is 12.1 Å². The number of carbonyl (C=O) groups is 3. The van der Waals surface area contributed by atoms with E-state index in [0.29, 0.717) is 19.4 Å². The second-order valence-corrected chi connectivity index (χ2v) is 9.74. The number of urea groups is 1. The molecule has 0 radical (unpaired) electrons. The van der Waals surface area contributed by atoms with E-state index in [-0.39, 0.29) is 24.3 Å². The maximum Gasteiger partial charge on any atom is 0.325 e. The van der Waals surface area contributed by atoms with Crippen molar-refractivity contribution >= 4 is 34.4 Å². The molecule has 0 bridgehead atoms. The number of para-hydroxylation sites is 1. The molecule has 1 atom stereocenters. The number of hydrogen-bond acceptors (Lipinski definition) is 4. The Kier molecular flexibility index (Phi) is 5.96. The number of aromatic nitrogens is 1. The maximum absolute atomic E-state index is 12.9. The second-order valence-electron chi connectivity index (χ2n) is 9.74. The van der Waals surface area contributed by atoms with Crippen LogP contribution >= 0.6 is 0 Å². The Morgan fingerprint density at radius 1 is 1.09 bits per heavy atom. The van der Waals surface area contributed by atoms with E-state index in [2.05, 4.69) is 45.9 Å². The van der Waals surface area contributed by atoms with E-state index in [1.54, 1.807) is 0 Å². The highest BCUT2D eigenvalue weighted by Crippen LogP contribution is 2.35. The molecule has 1 saturated heterocycles. The average molecular weight is 474 g/mol. The van der Waals surface area contributed by atoms with Crippen molar-refractivity contribution in [2.45, 2.75) is 37.1 Å². The fraction of sp³-hybridized carbons (Fsp3) is 0.370. The molecule has 3 aromatic rings. The van der Waals surface area contributed by atoms with Crippen LogP contribution in [0.3, 0.4) is 0 Å². The molecular weight excluding hydrogens is 442 g/mol. The van der Waals surface area contributed by atoms with Gasteiger partial charge in [0.05, 0.1) is 0 Å². The van der Waals surface area contributed by atoms with Crippen LogP contribution in [0.5, 0.6) is 0 Å². The summed E-state index contributed by atoms with van der Waals surface area (Å²) in [5.41, 5.74) is 3.47. The first-order chi connectivity index (χ1) is 16.9. The van der Waals surface area contributed by atoms with Crippen LogP contribution < -0.4 is 15.5 Å². The zero-order chi connectivity index (χ0) is 24.6. The predicted octanol–water partition coefficient (Wildman–Crippen LogP) is 3.35. The van der Waals surface area contributed by atoms with Crippen LogP contribution in [0, 0.1) is 0 Å². The van der Waals surface area contributed by atoms with Crippen LogP contribution in [-0.2, 0) is 9.59 Å². The summed E-state index contributed by atoms with van der Waals surface area (Å²) >= 11 is 0. The van der Waals surface area contributed by atoms with E-state index in [9.17, 15) is 14.4 Å². The number of nitrogens with zero attached hydrogens (tertiary/aromatic N) is 2. The Hall–Kier alpha value is -3.81. The predicted molar refractivity (Wildman–Crippen MR) is 135 cm³/mol. The van der Waals surface area contributed by atoms with Gasteiger partial charge in [-0.2, -0.15) is 0 Å². The SMILES string of the molecule is CN(C)c1ccc(C(CNC(=O)CN2C(=O)NC3(CCCC3)C2=O)c2c[nH]c3ccccc23)cc1. The third kappa shape index (κ3) is 4.24. The molecular formula is C27H31N5O3. The van der Waals surface area contributed by atoms with Crippen LogP contribution in [-0.4, -0.2) is 60.5 Å². The van der Waals surface area contributed by atoms with Gasteiger partial charge in [-0.25, -0.2) is 4.79 Å². The third-order valence-electron chi connectivity index (χ3n) is 7.32. The minimum absolute atomic E-state index is 0.101. The standard InChI is InChI=1S/C27H31N5O3/c1-31(2)19-11-9-18(10-12-19)21(22-16-28-23-8-4-3-7-20(22)23)15-29-24(33)17-32-25(34)27(30-26(32)35)13-5-6-14-27/h3-4,7-12,16,21,28H,5-6,13-15,17H2,1-2H3,(H,29,33)(H,30,35). The molecule has 2 aromatic carbocycles. The normalized spacial score (nSPS) is 17.7. The molecule has 35 heavy (non-hydrogen) atoms. The molecule has 3 N–H and O–H groups in total. The Morgan fingerprint density at radius 3 is 2.51 bits per heavy atom. The van der Waals surface area contributed by atoms with Crippen molar-refractivity contribution in [3.63, 3.8) is 0 Å². The van der Waals surface area contributed by atoms with Gasteiger partial charge in [0.25, 0.3) is 5.91 Å². The molecule has 1 saturated carbocycles. The van der Waals surface area contributed by atoms with Gasteiger partial charge in [-0.1, -0.05) is 43.2 Å². The summed E-state index contributed by atoms with van der Waals surface area (Å²) in [6.07, 6.45) is 5.08. The molecule has 4 amide bonds.